The minimum absolute atomic E-state index is 0.000424. The molecule has 0 aromatic carbocycles. The van der Waals surface area contributed by atoms with E-state index in [2.05, 4.69) is 15.1 Å². The fraction of sp³-hybridized carbons (Fsp3) is 0.458. The number of carbonyl (C=O) groups excluding carboxylic acids is 1. The molecular formula is C24H28F2N6O5. The zero-order valence-corrected chi connectivity index (χ0v) is 20.6. The number of nitrogens with two attached hydrogens (primary N) is 1. The molecule has 0 aliphatic carbocycles. The molecule has 198 valence electrons. The summed E-state index contributed by atoms with van der Waals surface area (Å²) >= 11 is 0. The molecule has 11 nitrogen and oxygen atoms in total. The van der Waals surface area contributed by atoms with Crippen molar-refractivity contribution in [3.05, 3.63) is 41.5 Å². The molecule has 0 radical (unpaired) electrons. The number of carbonyl (C=O) groups is 2. The number of anilines is 2. The van der Waals surface area contributed by atoms with Crippen molar-refractivity contribution in [3.63, 3.8) is 0 Å². The van der Waals surface area contributed by atoms with Crippen LogP contribution in [-0.2, 0) is 9.53 Å². The Bertz CT molecular complexity index is 1320. The van der Waals surface area contributed by atoms with Gasteiger partial charge in [0.05, 0.1) is 25.4 Å². The molecule has 0 bridgehead atoms. The third kappa shape index (κ3) is 5.87. The highest BCUT2D eigenvalue weighted by Gasteiger charge is 2.37. The number of fused-ring (bicyclic) bond motifs is 1. The molecule has 3 aromatic heterocycles. The second kappa shape index (κ2) is 10.1. The van der Waals surface area contributed by atoms with Crippen LogP contribution < -0.4 is 15.4 Å². The number of nitrogen functional groups attached to an aromatic ring is 1. The minimum atomic E-state index is -1.30. The van der Waals surface area contributed by atoms with E-state index in [1.165, 1.54) is 16.8 Å². The van der Waals surface area contributed by atoms with Crippen LogP contribution in [-0.4, -0.2) is 61.6 Å². The number of pyridine rings is 1. The summed E-state index contributed by atoms with van der Waals surface area (Å²) < 4.78 is 41.2. The van der Waals surface area contributed by atoms with Gasteiger partial charge in [-0.2, -0.15) is 0 Å². The molecule has 1 aliphatic heterocycles. The lowest BCUT2D eigenvalue weighted by Crippen LogP contribution is -2.26. The summed E-state index contributed by atoms with van der Waals surface area (Å²) in [6.45, 7) is 5.38. The predicted molar refractivity (Wildman–Crippen MR) is 129 cm³/mol. The molecule has 1 saturated heterocycles. The van der Waals surface area contributed by atoms with Crippen LogP contribution in [0, 0.1) is 5.82 Å². The zero-order chi connectivity index (χ0) is 26.9. The lowest BCUT2D eigenvalue weighted by atomic mass is 10.1. The summed E-state index contributed by atoms with van der Waals surface area (Å²) in [6, 6.07) is 2.08. The number of nitrogens with zero attached hydrogens (tertiary/aromatic N) is 5. The maximum absolute atomic E-state index is 14.7. The lowest BCUT2D eigenvalue weighted by Gasteiger charge is -2.26. The van der Waals surface area contributed by atoms with E-state index >= 15 is 0 Å². The van der Waals surface area contributed by atoms with Crippen LogP contribution in [0.25, 0.3) is 5.65 Å². The molecule has 0 unspecified atom stereocenters. The Labute approximate surface area is 211 Å². The highest BCUT2D eigenvalue weighted by molar-refractivity contribution is 5.99. The second-order valence-electron chi connectivity index (χ2n) is 9.71. The van der Waals surface area contributed by atoms with E-state index < -0.39 is 29.6 Å². The standard InChI is InChI=1S/C24H28F2N6O5/c1-24(2,3)37-18(33)5-4-8-36-22-15(9-13(25)11-28-22)16-10-14(26)12-31(16)17-6-7-32-21(29-17)19(23(34)35)20(27)30-32/h6-7,9,11,14,16H,4-5,8,10,12H2,1-3H3,(H2,27,30)(H,34,35)/t14-,16+/m0/s1. The van der Waals surface area contributed by atoms with Crippen LogP contribution in [0.15, 0.2) is 24.5 Å². The van der Waals surface area contributed by atoms with Crippen LogP contribution in [0.5, 0.6) is 5.88 Å². The molecule has 1 fully saturated rings. The van der Waals surface area contributed by atoms with Gasteiger partial charge in [-0.15, -0.1) is 5.10 Å². The van der Waals surface area contributed by atoms with Crippen molar-refractivity contribution in [2.45, 2.75) is 57.8 Å². The van der Waals surface area contributed by atoms with Gasteiger partial charge in [-0.25, -0.2) is 28.1 Å². The van der Waals surface area contributed by atoms with Gasteiger partial charge < -0.3 is 25.2 Å². The average Bonchev–Trinajstić information content (AvgIpc) is 3.34. The van der Waals surface area contributed by atoms with Crippen LogP contribution in [0.2, 0.25) is 0 Å². The van der Waals surface area contributed by atoms with Gasteiger partial charge >= 0.3 is 11.9 Å². The van der Waals surface area contributed by atoms with Gasteiger partial charge in [0.1, 0.15) is 29.0 Å². The number of carboxylic acids is 1. The molecular weight excluding hydrogens is 490 g/mol. The van der Waals surface area contributed by atoms with Crippen molar-refractivity contribution in [3.8, 4) is 5.88 Å². The summed E-state index contributed by atoms with van der Waals surface area (Å²) in [7, 11) is 0. The average molecular weight is 519 g/mol. The quantitative estimate of drug-likeness (QED) is 0.336. The van der Waals surface area contributed by atoms with Crippen LogP contribution in [0.4, 0.5) is 20.4 Å². The molecule has 1 aliphatic rings. The monoisotopic (exact) mass is 518 g/mol. The number of alkyl halides is 1. The van der Waals surface area contributed by atoms with Gasteiger partial charge in [0.15, 0.2) is 11.5 Å². The Morgan fingerprint density at radius 2 is 2.08 bits per heavy atom. The van der Waals surface area contributed by atoms with E-state index in [1.54, 1.807) is 31.7 Å². The molecule has 3 N–H and O–H groups in total. The summed E-state index contributed by atoms with van der Waals surface area (Å²) in [4.78, 5) is 33.6. The minimum Gasteiger partial charge on any atom is -0.477 e. The van der Waals surface area contributed by atoms with Crippen molar-refractivity contribution < 1.29 is 33.0 Å². The number of rotatable bonds is 8. The van der Waals surface area contributed by atoms with E-state index in [9.17, 15) is 23.5 Å². The normalized spacial score (nSPS) is 17.8. The number of hydrogen-bond acceptors (Lipinski definition) is 9. The van der Waals surface area contributed by atoms with Crippen molar-refractivity contribution in [2.75, 3.05) is 23.8 Å². The van der Waals surface area contributed by atoms with Gasteiger partial charge in [-0.05, 0) is 39.3 Å². The van der Waals surface area contributed by atoms with E-state index in [0.717, 1.165) is 6.20 Å². The van der Waals surface area contributed by atoms with Crippen molar-refractivity contribution in [1.82, 2.24) is 19.6 Å². The van der Waals surface area contributed by atoms with Gasteiger partial charge in [-0.3, -0.25) is 4.79 Å². The molecule has 3 aromatic rings. The number of ether oxygens (including phenoxy) is 2. The van der Waals surface area contributed by atoms with E-state index in [1.807, 2.05) is 0 Å². The topological polar surface area (TPSA) is 145 Å². The second-order valence-corrected chi connectivity index (χ2v) is 9.71. The molecule has 2 atom stereocenters. The third-order valence-corrected chi connectivity index (χ3v) is 5.64. The Kier molecular flexibility index (Phi) is 7.14. The van der Waals surface area contributed by atoms with Gasteiger partial charge in [-0.1, -0.05) is 0 Å². The Morgan fingerprint density at radius 3 is 2.78 bits per heavy atom. The number of halogens is 2. The Morgan fingerprint density at radius 1 is 1.32 bits per heavy atom. The highest BCUT2D eigenvalue weighted by atomic mass is 19.1. The molecule has 37 heavy (non-hydrogen) atoms. The van der Waals surface area contributed by atoms with Crippen molar-refractivity contribution in [1.29, 1.82) is 0 Å². The first-order valence-corrected chi connectivity index (χ1v) is 11.7. The van der Waals surface area contributed by atoms with Gasteiger partial charge in [0.25, 0.3) is 0 Å². The highest BCUT2D eigenvalue weighted by Crippen LogP contribution is 2.40. The maximum atomic E-state index is 14.7. The van der Waals surface area contributed by atoms with Crippen molar-refractivity contribution >= 4 is 29.2 Å². The Balaban J connectivity index is 1.57. The molecule has 4 rings (SSSR count). The first-order valence-electron chi connectivity index (χ1n) is 11.7. The zero-order valence-electron chi connectivity index (χ0n) is 20.6. The Hall–Kier alpha value is -4.03. The number of aromatic nitrogens is 4. The fourth-order valence-electron chi connectivity index (χ4n) is 4.21. The van der Waals surface area contributed by atoms with E-state index in [4.69, 9.17) is 15.2 Å². The molecule has 13 heteroatoms. The summed E-state index contributed by atoms with van der Waals surface area (Å²) in [5.41, 5.74) is 5.17. The number of aromatic carboxylic acids is 1. The van der Waals surface area contributed by atoms with Crippen LogP contribution >= 0.6 is 0 Å². The molecule has 0 spiro atoms. The maximum Gasteiger partial charge on any atom is 0.343 e. The van der Waals surface area contributed by atoms with Crippen molar-refractivity contribution in [2.24, 2.45) is 0 Å². The SMILES string of the molecule is CC(C)(C)OC(=O)CCCOc1ncc(F)cc1[C@H]1C[C@H](F)CN1c1ccn2nc(N)c(C(=O)O)c2n1. The van der Waals surface area contributed by atoms with Gasteiger partial charge in [0, 0.05) is 24.6 Å². The largest absolute Gasteiger partial charge is 0.477 e. The molecule has 0 amide bonds. The molecule has 4 heterocycles. The number of carboxylic acid groups (broad SMARTS) is 1. The summed E-state index contributed by atoms with van der Waals surface area (Å²) in [5.74, 6) is -2.12. The number of hydrogen-bond donors (Lipinski definition) is 2. The third-order valence-electron chi connectivity index (χ3n) is 5.64. The van der Waals surface area contributed by atoms with E-state index in [0.29, 0.717) is 12.0 Å². The first kappa shape index (κ1) is 26.0. The van der Waals surface area contributed by atoms with Crippen LogP contribution in [0.1, 0.15) is 62.0 Å². The van der Waals surface area contributed by atoms with E-state index in [-0.39, 0.29) is 60.7 Å². The predicted octanol–water partition coefficient (Wildman–Crippen LogP) is 3.33. The first-order chi connectivity index (χ1) is 17.4. The number of esters is 1. The smallest absolute Gasteiger partial charge is 0.343 e. The summed E-state index contributed by atoms with van der Waals surface area (Å²) in [5, 5.41) is 13.4. The van der Waals surface area contributed by atoms with Crippen LogP contribution in [0.3, 0.4) is 0 Å². The van der Waals surface area contributed by atoms with Gasteiger partial charge in [0.2, 0.25) is 5.88 Å². The fourth-order valence-corrected chi connectivity index (χ4v) is 4.21. The lowest BCUT2D eigenvalue weighted by molar-refractivity contribution is -0.155. The molecule has 0 saturated carbocycles. The summed E-state index contributed by atoms with van der Waals surface area (Å²) in [6.07, 6.45) is 1.69.